The van der Waals surface area contributed by atoms with Gasteiger partial charge in [-0.2, -0.15) is 0 Å². The molecule has 1 N–H and O–H groups in total. The van der Waals surface area contributed by atoms with Crippen LogP contribution in [0.5, 0.6) is 0 Å². The molecule has 6 heteroatoms. The number of nitrogens with zero attached hydrogens (tertiary/aromatic N) is 2. The van der Waals surface area contributed by atoms with Gasteiger partial charge in [-0.25, -0.2) is 4.98 Å². The van der Waals surface area contributed by atoms with Crippen molar-refractivity contribution < 1.29 is 9.59 Å². The van der Waals surface area contributed by atoms with Crippen LogP contribution in [0.25, 0.3) is 0 Å². The van der Waals surface area contributed by atoms with E-state index in [1.807, 2.05) is 58.0 Å². The van der Waals surface area contributed by atoms with Crippen molar-refractivity contribution in [2.24, 2.45) is 0 Å². The van der Waals surface area contributed by atoms with Crippen molar-refractivity contribution in [3.8, 4) is 0 Å². The number of amides is 2. The van der Waals surface area contributed by atoms with Crippen LogP contribution in [0.2, 0.25) is 0 Å². The maximum absolute atomic E-state index is 13.2. The number of anilines is 1. The van der Waals surface area contributed by atoms with Crippen LogP contribution in [0.1, 0.15) is 45.6 Å². The highest BCUT2D eigenvalue weighted by atomic mass is 32.1. The highest BCUT2D eigenvalue weighted by Crippen LogP contribution is 2.26. The number of aromatic nitrogens is 1. The van der Waals surface area contributed by atoms with Crippen molar-refractivity contribution >= 4 is 28.3 Å². The summed E-state index contributed by atoms with van der Waals surface area (Å²) in [7, 11) is 0. The van der Waals surface area contributed by atoms with Crippen molar-refractivity contribution in [1.29, 1.82) is 0 Å². The molecule has 2 aromatic rings. The topological polar surface area (TPSA) is 62.3 Å². The molecule has 1 heterocycles. The molecule has 0 saturated heterocycles. The lowest BCUT2D eigenvalue weighted by molar-refractivity contribution is -0.141. The van der Waals surface area contributed by atoms with E-state index in [1.54, 1.807) is 16.5 Å². The first kappa shape index (κ1) is 19.1. The molecule has 0 unspecified atom stereocenters. The summed E-state index contributed by atoms with van der Waals surface area (Å²) in [6, 6.07) is 9.72. The first-order chi connectivity index (χ1) is 11.8. The third-order valence-electron chi connectivity index (χ3n) is 3.96. The largest absolute Gasteiger partial charge is 0.328 e. The van der Waals surface area contributed by atoms with E-state index in [2.05, 4.69) is 10.3 Å². The molecule has 2 amide bonds. The number of benzene rings is 1. The zero-order valence-corrected chi connectivity index (χ0v) is 16.0. The van der Waals surface area contributed by atoms with Crippen LogP contribution in [0, 0.1) is 0 Å². The summed E-state index contributed by atoms with van der Waals surface area (Å²) in [6.07, 6.45) is 2.32. The van der Waals surface area contributed by atoms with E-state index < -0.39 is 5.54 Å². The Morgan fingerprint density at radius 2 is 1.92 bits per heavy atom. The van der Waals surface area contributed by atoms with Crippen molar-refractivity contribution in [1.82, 2.24) is 9.88 Å². The minimum absolute atomic E-state index is 0.00521. The minimum Gasteiger partial charge on any atom is -0.328 e. The Bertz CT molecular complexity index is 693. The van der Waals surface area contributed by atoms with Crippen LogP contribution in [-0.2, 0) is 9.59 Å². The number of thiazole rings is 1. The van der Waals surface area contributed by atoms with Crippen molar-refractivity contribution in [2.75, 3.05) is 11.9 Å². The van der Waals surface area contributed by atoms with Gasteiger partial charge >= 0.3 is 0 Å². The standard InChI is InChI=1S/C19H25N3O2S/c1-5-15(14-9-7-6-8-10-14)17(24)22(19(2,3)4)13-16(23)21-18-20-11-12-25-18/h6-12,15H,5,13H2,1-4H3,(H,20,21,23)/t15-/m0/s1. The molecule has 134 valence electrons. The first-order valence-electron chi connectivity index (χ1n) is 8.38. The van der Waals surface area contributed by atoms with Gasteiger partial charge in [0, 0.05) is 17.1 Å². The van der Waals surface area contributed by atoms with Gasteiger partial charge in [0.05, 0.1) is 5.92 Å². The van der Waals surface area contributed by atoms with Gasteiger partial charge in [0.25, 0.3) is 0 Å². The van der Waals surface area contributed by atoms with Gasteiger partial charge < -0.3 is 10.2 Å². The Morgan fingerprint density at radius 3 is 2.44 bits per heavy atom. The fraction of sp³-hybridized carbons (Fsp3) is 0.421. The van der Waals surface area contributed by atoms with Crippen molar-refractivity contribution in [2.45, 2.75) is 45.6 Å². The number of hydrogen-bond donors (Lipinski definition) is 1. The smallest absolute Gasteiger partial charge is 0.245 e. The van der Waals surface area contributed by atoms with E-state index in [4.69, 9.17) is 0 Å². The van der Waals surface area contributed by atoms with Crippen LogP contribution in [0.4, 0.5) is 5.13 Å². The van der Waals surface area contributed by atoms with E-state index in [-0.39, 0.29) is 24.3 Å². The third kappa shape index (κ3) is 5.13. The van der Waals surface area contributed by atoms with Gasteiger partial charge in [-0.3, -0.25) is 9.59 Å². The van der Waals surface area contributed by atoms with Gasteiger partial charge in [-0.15, -0.1) is 11.3 Å². The van der Waals surface area contributed by atoms with Crippen LogP contribution < -0.4 is 5.32 Å². The molecule has 0 aliphatic carbocycles. The van der Waals surface area contributed by atoms with E-state index in [1.165, 1.54) is 11.3 Å². The Balaban J connectivity index is 2.18. The molecular weight excluding hydrogens is 334 g/mol. The van der Waals surface area contributed by atoms with Gasteiger partial charge in [-0.1, -0.05) is 37.3 Å². The number of rotatable bonds is 6. The lowest BCUT2D eigenvalue weighted by Crippen LogP contribution is -2.51. The molecule has 1 aromatic heterocycles. The number of nitrogens with one attached hydrogen (secondary N) is 1. The van der Waals surface area contributed by atoms with Crippen LogP contribution in [-0.4, -0.2) is 33.8 Å². The first-order valence-corrected chi connectivity index (χ1v) is 9.26. The summed E-state index contributed by atoms with van der Waals surface area (Å²) in [4.78, 5) is 31.3. The molecule has 1 aromatic carbocycles. The zero-order valence-electron chi connectivity index (χ0n) is 15.2. The van der Waals surface area contributed by atoms with Gasteiger partial charge in [-0.05, 0) is 32.8 Å². The normalized spacial score (nSPS) is 12.5. The summed E-state index contributed by atoms with van der Waals surface area (Å²) >= 11 is 1.36. The SMILES string of the molecule is CC[C@H](C(=O)N(CC(=O)Nc1nccs1)C(C)(C)C)c1ccccc1. The van der Waals surface area contributed by atoms with Crippen LogP contribution >= 0.6 is 11.3 Å². The molecule has 0 spiro atoms. The molecule has 0 bridgehead atoms. The molecule has 0 fully saturated rings. The fourth-order valence-corrected chi connectivity index (χ4v) is 3.20. The minimum atomic E-state index is -0.459. The number of carbonyl (C=O) groups excluding carboxylic acids is 2. The zero-order chi connectivity index (χ0) is 18.4. The van der Waals surface area contributed by atoms with Crippen LogP contribution in [0.15, 0.2) is 41.9 Å². The highest BCUT2D eigenvalue weighted by Gasteiger charge is 2.33. The quantitative estimate of drug-likeness (QED) is 0.851. The number of hydrogen-bond acceptors (Lipinski definition) is 4. The monoisotopic (exact) mass is 359 g/mol. The van der Waals surface area contributed by atoms with Crippen LogP contribution in [0.3, 0.4) is 0 Å². The average molecular weight is 359 g/mol. The summed E-state index contributed by atoms with van der Waals surface area (Å²) in [6.45, 7) is 7.83. The van der Waals surface area contributed by atoms with E-state index in [9.17, 15) is 9.59 Å². The maximum Gasteiger partial charge on any atom is 0.245 e. The van der Waals surface area contributed by atoms with E-state index >= 15 is 0 Å². The Labute approximate surface area is 153 Å². The average Bonchev–Trinajstić information content (AvgIpc) is 3.06. The van der Waals surface area contributed by atoms with Gasteiger partial charge in [0.2, 0.25) is 11.8 Å². The van der Waals surface area contributed by atoms with Gasteiger partial charge in [0.1, 0.15) is 6.54 Å². The summed E-state index contributed by atoms with van der Waals surface area (Å²) in [5.74, 6) is -0.523. The Hall–Kier alpha value is -2.21. The second-order valence-corrected chi connectivity index (χ2v) is 7.75. The molecule has 0 radical (unpaired) electrons. The van der Waals surface area contributed by atoms with Gasteiger partial charge in [0.15, 0.2) is 5.13 Å². The fourth-order valence-electron chi connectivity index (χ4n) is 2.66. The predicted molar refractivity (Wildman–Crippen MR) is 102 cm³/mol. The summed E-state index contributed by atoms with van der Waals surface area (Å²) in [5, 5.41) is 5.09. The second kappa shape index (κ2) is 8.25. The lowest BCUT2D eigenvalue weighted by Gasteiger charge is -2.37. The van der Waals surface area contributed by atoms with Crippen molar-refractivity contribution in [3.63, 3.8) is 0 Å². The second-order valence-electron chi connectivity index (χ2n) is 6.85. The lowest BCUT2D eigenvalue weighted by atomic mass is 9.92. The molecular formula is C19H25N3O2S. The Kier molecular flexibility index (Phi) is 6.31. The maximum atomic E-state index is 13.2. The van der Waals surface area contributed by atoms with E-state index in [0.29, 0.717) is 11.6 Å². The van der Waals surface area contributed by atoms with E-state index in [0.717, 1.165) is 5.56 Å². The molecule has 2 rings (SSSR count). The molecule has 1 atom stereocenters. The summed E-state index contributed by atoms with van der Waals surface area (Å²) < 4.78 is 0. The molecule has 5 nitrogen and oxygen atoms in total. The number of carbonyl (C=O) groups is 2. The highest BCUT2D eigenvalue weighted by molar-refractivity contribution is 7.13. The predicted octanol–water partition coefficient (Wildman–Crippen LogP) is 3.90. The summed E-state index contributed by atoms with van der Waals surface area (Å²) in [5.41, 5.74) is 0.518. The third-order valence-corrected chi connectivity index (χ3v) is 4.65. The van der Waals surface area contributed by atoms with Crippen molar-refractivity contribution in [3.05, 3.63) is 47.5 Å². The molecule has 25 heavy (non-hydrogen) atoms. The molecule has 0 saturated carbocycles. The molecule has 0 aliphatic heterocycles. The molecule has 0 aliphatic rings. The Morgan fingerprint density at radius 1 is 1.24 bits per heavy atom.